The molecule has 0 saturated carbocycles. The van der Waals surface area contributed by atoms with Gasteiger partial charge in [0.15, 0.2) is 21.0 Å². The molecule has 13 heteroatoms. The van der Waals surface area contributed by atoms with Crippen molar-refractivity contribution in [1.82, 2.24) is 25.0 Å². The molecule has 0 aliphatic carbocycles. The van der Waals surface area contributed by atoms with Crippen LogP contribution in [-0.2, 0) is 14.8 Å². The van der Waals surface area contributed by atoms with Crippen LogP contribution in [0, 0.1) is 13.8 Å². The van der Waals surface area contributed by atoms with Crippen LogP contribution in [0.5, 0.6) is 0 Å². The Morgan fingerprint density at radius 1 is 1.03 bits per heavy atom. The second-order valence-electron chi connectivity index (χ2n) is 7.09. The van der Waals surface area contributed by atoms with Crippen LogP contribution in [0.4, 0.5) is 22.3 Å². The van der Waals surface area contributed by atoms with E-state index in [0.717, 1.165) is 22.7 Å². The minimum Gasteiger partial charge on any atom is -0.339 e. The molecule has 0 spiro atoms. The molecule has 0 atom stereocenters. The maximum atomic E-state index is 12.6. The van der Waals surface area contributed by atoms with Gasteiger partial charge in [-0.15, -0.1) is 10.2 Å². The van der Waals surface area contributed by atoms with Gasteiger partial charge in [-0.1, -0.05) is 11.3 Å². The molecule has 0 aliphatic heterocycles. The molecular weight excluding hydrogens is 464 g/mol. The molecule has 0 aliphatic rings. The van der Waals surface area contributed by atoms with Crippen molar-refractivity contribution < 1.29 is 13.2 Å². The fourth-order valence-electron chi connectivity index (χ4n) is 2.93. The monoisotopic (exact) mass is 484 g/mol. The van der Waals surface area contributed by atoms with Gasteiger partial charge < -0.3 is 10.6 Å². The summed E-state index contributed by atoms with van der Waals surface area (Å²) in [5.41, 5.74) is 2.94. The van der Waals surface area contributed by atoms with E-state index in [1.807, 2.05) is 26.0 Å². The summed E-state index contributed by atoms with van der Waals surface area (Å²) in [6, 6.07) is 12.2. The third-order valence-corrected chi connectivity index (χ3v) is 7.07. The molecule has 1 amide bonds. The Morgan fingerprint density at radius 3 is 2.36 bits per heavy atom. The van der Waals surface area contributed by atoms with Crippen LogP contribution < -0.4 is 15.4 Å². The fourth-order valence-corrected chi connectivity index (χ4v) is 5.07. The van der Waals surface area contributed by atoms with Crippen molar-refractivity contribution in [1.29, 1.82) is 0 Å². The van der Waals surface area contributed by atoms with Gasteiger partial charge in [0.25, 0.3) is 10.0 Å². The van der Waals surface area contributed by atoms with E-state index in [1.165, 1.54) is 13.1 Å². The van der Waals surface area contributed by atoms with Crippen molar-refractivity contribution in [3.63, 3.8) is 0 Å². The SMILES string of the molecule is CC(=O)Nc1ncc(S(=O)(=O)Nc2ccc(Nc3ccc(-n4nc(C)cc4C)nn3)cc2)s1. The van der Waals surface area contributed by atoms with Gasteiger partial charge in [-0.3, -0.25) is 9.52 Å². The number of amides is 1. The predicted octanol–water partition coefficient (Wildman–Crippen LogP) is 3.24. The molecule has 4 aromatic rings. The Kier molecular flexibility index (Phi) is 6.07. The summed E-state index contributed by atoms with van der Waals surface area (Å²) in [6.45, 7) is 5.18. The molecule has 0 radical (unpaired) electrons. The normalized spacial score (nSPS) is 11.2. The van der Waals surface area contributed by atoms with Crippen LogP contribution in [0.1, 0.15) is 18.3 Å². The molecule has 1 aromatic carbocycles. The van der Waals surface area contributed by atoms with Gasteiger partial charge in [0.2, 0.25) is 5.91 Å². The van der Waals surface area contributed by atoms with Crippen molar-refractivity contribution >= 4 is 49.6 Å². The van der Waals surface area contributed by atoms with Gasteiger partial charge in [0, 0.05) is 24.0 Å². The van der Waals surface area contributed by atoms with Gasteiger partial charge in [-0.25, -0.2) is 18.1 Å². The van der Waals surface area contributed by atoms with E-state index in [2.05, 4.69) is 35.6 Å². The van der Waals surface area contributed by atoms with Crippen molar-refractivity contribution in [3.05, 3.63) is 60.0 Å². The van der Waals surface area contributed by atoms with Crippen LogP contribution in [0.3, 0.4) is 0 Å². The first-order valence-electron chi connectivity index (χ1n) is 9.70. The zero-order valence-electron chi connectivity index (χ0n) is 17.9. The molecular formula is C20H20N8O3S2. The quantitative estimate of drug-likeness (QED) is 0.363. The summed E-state index contributed by atoms with van der Waals surface area (Å²) in [5.74, 6) is 0.819. The number of aromatic nitrogens is 5. The molecule has 3 N–H and O–H groups in total. The summed E-state index contributed by atoms with van der Waals surface area (Å²) < 4.78 is 29.3. The highest BCUT2D eigenvalue weighted by Crippen LogP contribution is 2.26. The van der Waals surface area contributed by atoms with Crippen molar-refractivity contribution in [3.8, 4) is 5.82 Å². The van der Waals surface area contributed by atoms with Crippen LogP contribution in [0.15, 0.2) is 52.9 Å². The minimum atomic E-state index is -3.83. The van der Waals surface area contributed by atoms with E-state index in [1.54, 1.807) is 35.0 Å². The smallest absolute Gasteiger partial charge is 0.273 e. The van der Waals surface area contributed by atoms with E-state index in [4.69, 9.17) is 0 Å². The standard InChI is InChI=1S/C20H20N8O3S2/c1-12-10-13(2)28(26-12)18-9-8-17(24-25-18)23-15-4-6-16(7-5-15)27-33(30,31)19-11-21-20(32-19)22-14(3)29/h4-11,27H,1-3H3,(H,23,24)(H,21,22,29). The molecule has 33 heavy (non-hydrogen) atoms. The van der Waals surface area contributed by atoms with Crippen molar-refractivity contribution in [2.45, 2.75) is 25.0 Å². The second kappa shape index (κ2) is 8.96. The average Bonchev–Trinajstić information content (AvgIpc) is 3.36. The van der Waals surface area contributed by atoms with Crippen LogP contribution in [0.2, 0.25) is 0 Å². The number of nitrogens with one attached hydrogen (secondary N) is 3. The van der Waals surface area contributed by atoms with Crippen LogP contribution >= 0.6 is 11.3 Å². The molecule has 0 saturated heterocycles. The number of nitrogens with zero attached hydrogens (tertiary/aromatic N) is 5. The number of carbonyl (C=O) groups is 1. The number of hydrogen-bond acceptors (Lipinski definition) is 9. The van der Waals surface area contributed by atoms with Gasteiger partial charge in [-0.2, -0.15) is 5.10 Å². The highest BCUT2D eigenvalue weighted by atomic mass is 32.2. The van der Waals surface area contributed by atoms with E-state index >= 15 is 0 Å². The van der Waals surface area contributed by atoms with E-state index in [-0.39, 0.29) is 15.2 Å². The lowest BCUT2D eigenvalue weighted by Crippen LogP contribution is -2.11. The predicted molar refractivity (Wildman–Crippen MR) is 126 cm³/mol. The highest BCUT2D eigenvalue weighted by molar-refractivity contribution is 7.94. The Balaban J connectivity index is 1.41. The Bertz CT molecular complexity index is 1390. The van der Waals surface area contributed by atoms with Crippen LogP contribution in [-0.4, -0.2) is 39.3 Å². The lowest BCUT2D eigenvalue weighted by molar-refractivity contribution is -0.114. The topological polar surface area (TPSA) is 144 Å². The minimum absolute atomic E-state index is 0.00794. The summed E-state index contributed by atoms with van der Waals surface area (Å²) in [7, 11) is -3.83. The third kappa shape index (κ3) is 5.32. The first-order chi connectivity index (χ1) is 15.7. The molecule has 0 unspecified atom stereocenters. The molecule has 170 valence electrons. The first-order valence-corrected chi connectivity index (χ1v) is 12.0. The van der Waals surface area contributed by atoms with Gasteiger partial charge in [0.1, 0.15) is 0 Å². The fraction of sp³-hybridized carbons (Fsp3) is 0.150. The first kappa shape index (κ1) is 22.4. The molecule has 11 nitrogen and oxygen atoms in total. The van der Waals surface area contributed by atoms with Crippen molar-refractivity contribution in [2.75, 3.05) is 15.4 Å². The number of thiazole rings is 1. The van der Waals surface area contributed by atoms with E-state index in [9.17, 15) is 13.2 Å². The molecule has 3 heterocycles. The molecule has 3 aromatic heterocycles. The summed E-state index contributed by atoms with van der Waals surface area (Å²) in [5, 5.41) is 18.6. The van der Waals surface area contributed by atoms with Gasteiger partial charge in [-0.05, 0) is 56.3 Å². The molecule has 0 fully saturated rings. The van der Waals surface area contributed by atoms with Crippen LogP contribution in [0.25, 0.3) is 5.82 Å². The third-order valence-electron chi connectivity index (χ3n) is 4.32. The van der Waals surface area contributed by atoms with E-state index in [0.29, 0.717) is 23.0 Å². The zero-order valence-corrected chi connectivity index (χ0v) is 19.5. The Morgan fingerprint density at radius 2 is 1.76 bits per heavy atom. The van der Waals surface area contributed by atoms with Gasteiger partial charge >= 0.3 is 0 Å². The number of hydrogen-bond donors (Lipinski definition) is 3. The number of anilines is 4. The van der Waals surface area contributed by atoms with E-state index < -0.39 is 10.0 Å². The Hall–Kier alpha value is -3.84. The van der Waals surface area contributed by atoms with Gasteiger partial charge in [0.05, 0.1) is 11.9 Å². The highest BCUT2D eigenvalue weighted by Gasteiger charge is 2.18. The number of carbonyl (C=O) groups excluding carboxylic acids is 1. The average molecular weight is 485 g/mol. The Labute approximate surface area is 194 Å². The summed E-state index contributed by atoms with van der Waals surface area (Å²) in [4.78, 5) is 15.0. The number of aryl methyl sites for hydroxylation is 2. The van der Waals surface area contributed by atoms with Crippen molar-refractivity contribution in [2.24, 2.45) is 0 Å². The molecule has 0 bridgehead atoms. The summed E-state index contributed by atoms with van der Waals surface area (Å²) >= 11 is 0.867. The molecule has 4 rings (SSSR count). The lowest BCUT2D eigenvalue weighted by atomic mass is 10.3. The number of benzene rings is 1. The largest absolute Gasteiger partial charge is 0.339 e. The zero-order chi connectivity index (χ0) is 23.6. The second-order valence-corrected chi connectivity index (χ2v) is 10.0. The maximum absolute atomic E-state index is 12.6. The maximum Gasteiger partial charge on any atom is 0.273 e. The number of rotatable bonds is 7. The summed E-state index contributed by atoms with van der Waals surface area (Å²) in [6.07, 6.45) is 1.20. The number of sulfonamides is 1. The lowest BCUT2D eigenvalue weighted by Gasteiger charge is -2.09.